The zero-order valence-electron chi connectivity index (χ0n) is 11.3. The highest BCUT2D eigenvalue weighted by atomic mass is 32.1. The lowest BCUT2D eigenvalue weighted by Gasteiger charge is -2.30. The number of hydrogen-bond acceptors (Lipinski definition) is 4. The number of aliphatic hydroxyl groups is 1. The third-order valence-corrected chi connectivity index (χ3v) is 2.88. The Labute approximate surface area is 111 Å². The smallest absolute Gasteiger partial charge is 0.0460 e. The van der Waals surface area contributed by atoms with Crippen molar-refractivity contribution in [1.29, 1.82) is 0 Å². The van der Waals surface area contributed by atoms with Gasteiger partial charge in [0, 0.05) is 23.7 Å². The van der Waals surface area contributed by atoms with Crippen molar-refractivity contribution in [2.24, 2.45) is 11.7 Å². The molecule has 1 aliphatic heterocycles. The summed E-state index contributed by atoms with van der Waals surface area (Å²) in [7, 11) is 0. The summed E-state index contributed by atoms with van der Waals surface area (Å²) in [6.45, 7) is 9.04. The van der Waals surface area contributed by atoms with E-state index in [1.807, 2.05) is 26.8 Å². The average molecular weight is 258 g/mol. The van der Waals surface area contributed by atoms with Crippen molar-refractivity contribution >= 4 is 17.1 Å². The summed E-state index contributed by atoms with van der Waals surface area (Å²) in [5, 5.41) is 9.01. The molecule has 0 atom stereocenters. The molecule has 17 heavy (non-hydrogen) atoms. The molecule has 0 aromatic heterocycles. The molecule has 0 amide bonds. The first-order valence-electron chi connectivity index (χ1n) is 6.41. The van der Waals surface area contributed by atoms with Crippen LogP contribution in [-0.4, -0.2) is 41.1 Å². The Morgan fingerprint density at radius 1 is 1.41 bits per heavy atom. The van der Waals surface area contributed by atoms with Crippen LogP contribution in [0.5, 0.6) is 0 Å². The van der Waals surface area contributed by atoms with Crippen LogP contribution in [0, 0.1) is 5.92 Å². The number of rotatable bonds is 4. The maximum atomic E-state index is 9.01. The number of nitrogens with zero attached hydrogens (tertiary/aromatic N) is 1. The van der Waals surface area contributed by atoms with Gasteiger partial charge in [-0.1, -0.05) is 26.1 Å². The van der Waals surface area contributed by atoms with Crippen LogP contribution in [0.1, 0.15) is 33.6 Å². The Kier molecular flexibility index (Phi) is 9.31. The first kappa shape index (κ1) is 16.6. The predicted octanol–water partition coefficient (Wildman–Crippen LogP) is 1.95. The van der Waals surface area contributed by atoms with Gasteiger partial charge in [0.1, 0.15) is 0 Å². The van der Waals surface area contributed by atoms with Gasteiger partial charge in [0.05, 0.1) is 0 Å². The lowest BCUT2D eigenvalue weighted by atomic mass is 9.98. The van der Waals surface area contributed by atoms with Crippen LogP contribution in [0.4, 0.5) is 0 Å². The van der Waals surface area contributed by atoms with E-state index in [2.05, 4.69) is 4.90 Å². The van der Waals surface area contributed by atoms with Crippen LogP contribution in [0.3, 0.4) is 0 Å². The van der Waals surface area contributed by atoms with Crippen LogP contribution in [0.25, 0.3) is 0 Å². The maximum Gasteiger partial charge on any atom is 0.0460 e. The van der Waals surface area contributed by atoms with Gasteiger partial charge in [-0.15, -0.1) is 0 Å². The number of nitrogens with two attached hydrogens (primary N) is 1. The molecule has 0 bridgehead atoms. The Bertz CT molecular complexity index is 246. The first-order chi connectivity index (χ1) is 8.11. The van der Waals surface area contributed by atoms with Gasteiger partial charge >= 0.3 is 0 Å². The van der Waals surface area contributed by atoms with Gasteiger partial charge in [-0.2, -0.15) is 0 Å². The highest BCUT2D eigenvalue weighted by Gasteiger charge is 2.18. The van der Waals surface area contributed by atoms with Gasteiger partial charge < -0.3 is 10.8 Å². The minimum atomic E-state index is 0.318. The molecule has 0 aliphatic carbocycles. The summed E-state index contributed by atoms with van der Waals surface area (Å²) in [5.74, 6) is 0.485. The number of piperidine rings is 1. The Morgan fingerprint density at radius 2 is 1.94 bits per heavy atom. The second kappa shape index (κ2) is 9.57. The monoisotopic (exact) mass is 258 g/mol. The van der Waals surface area contributed by atoms with E-state index in [4.69, 9.17) is 23.1 Å². The van der Waals surface area contributed by atoms with Gasteiger partial charge in [-0.05, 0) is 44.8 Å². The van der Waals surface area contributed by atoms with E-state index >= 15 is 0 Å². The van der Waals surface area contributed by atoms with Gasteiger partial charge in [-0.25, -0.2) is 0 Å². The molecule has 0 unspecified atom stereocenters. The molecule has 1 fully saturated rings. The first-order valence-corrected chi connectivity index (χ1v) is 6.82. The number of hydrogen-bond donors (Lipinski definition) is 2. The van der Waals surface area contributed by atoms with Crippen LogP contribution in [-0.2, 0) is 0 Å². The lowest BCUT2D eigenvalue weighted by molar-refractivity contribution is 0.137. The quantitative estimate of drug-likeness (QED) is 0.598. The molecule has 3 N–H and O–H groups in total. The van der Waals surface area contributed by atoms with Gasteiger partial charge in [0.2, 0.25) is 0 Å². The zero-order valence-corrected chi connectivity index (χ0v) is 12.1. The minimum absolute atomic E-state index is 0.318. The third kappa shape index (κ3) is 7.47. The highest BCUT2D eigenvalue weighted by molar-refractivity contribution is 7.80. The van der Waals surface area contributed by atoms with E-state index in [-0.39, 0.29) is 0 Å². The third-order valence-electron chi connectivity index (χ3n) is 2.76. The molecule has 3 nitrogen and oxygen atoms in total. The van der Waals surface area contributed by atoms with E-state index in [9.17, 15) is 0 Å². The minimum Gasteiger partial charge on any atom is -0.401 e. The number of aliphatic hydroxyl groups excluding tert-OH is 1. The standard InChI is InChI=1S/C11H20N2OS.C2H6/c1-9(15)6-11(12)7-13-4-2-10(8-14)3-5-13;1-2/h6,10,14H,2-5,7-8,12H2,1H3;1-2H3/b11-6-;. The number of thiocarbonyl (C=S) groups is 1. The molecule has 0 radical (unpaired) electrons. The molecule has 1 saturated heterocycles. The van der Waals surface area contributed by atoms with Gasteiger partial charge in [0.25, 0.3) is 0 Å². The lowest BCUT2D eigenvalue weighted by Crippen LogP contribution is -2.37. The van der Waals surface area contributed by atoms with Crippen LogP contribution in [0.2, 0.25) is 0 Å². The van der Waals surface area contributed by atoms with Crippen molar-refractivity contribution in [3.8, 4) is 0 Å². The predicted molar refractivity (Wildman–Crippen MR) is 78.1 cm³/mol. The molecule has 0 aromatic carbocycles. The topological polar surface area (TPSA) is 49.5 Å². The van der Waals surface area contributed by atoms with Gasteiger partial charge in [-0.3, -0.25) is 4.90 Å². The summed E-state index contributed by atoms with van der Waals surface area (Å²) in [6, 6.07) is 0. The highest BCUT2D eigenvalue weighted by Crippen LogP contribution is 2.16. The molecule has 1 rings (SSSR count). The van der Waals surface area contributed by atoms with Crippen LogP contribution in [0.15, 0.2) is 11.8 Å². The summed E-state index contributed by atoms with van der Waals surface area (Å²) in [4.78, 5) is 3.15. The molecule has 1 heterocycles. The van der Waals surface area contributed by atoms with E-state index in [1.54, 1.807) is 0 Å². The van der Waals surface area contributed by atoms with Crippen molar-refractivity contribution in [3.05, 3.63) is 11.8 Å². The van der Waals surface area contributed by atoms with Crippen molar-refractivity contribution < 1.29 is 5.11 Å². The van der Waals surface area contributed by atoms with Gasteiger partial charge in [0.15, 0.2) is 0 Å². The fourth-order valence-corrected chi connectivity index (χ4v) is 2.04. The van der Waals surface area contributed by atoms with Crippen LogP contribution >= 0.6 is 12.2 Å². The maximum absolute atomic E-state index is 9.01. The SMILES string of the molecule is CC.CC(=S)/C=C(\N)CN1CCC(CO)CC1. The van der Waals surface area contributed by atoms with E-state index < -0.39 is 0 Å². The molecule has 100 valence electrons. The Hall–Kier alpha value is -0.450. The summed E-state index contributed by atoms with van der Waals surface area (Å²) in [6.07, 6.45) is 3.99. The van der Waals surface area contributed by atoms with Crippen LogP contribution < -0.4 is 5.73 Å². The van der Waals surface area contributed by atoms with Crippen molar-refractivity contribution in [2.45, 2.75) is 33.6 Å². The Morgan fingerprint density at radius 3 is 2.35 bits per heavy atom. The van der Waals surface area contributed by atoms with E-state index in [0.717, 1.165) is 43.0 Å². The molecule has 0 saturated carbocycles. The summed E-state index contributed by atoms with van der Waals surface area (Å²) < 4.78 is 0. The Balaban J connectivity index is 0.00000121. The summed E-state index contributed by atoms with van der Waals surface area (Å²) in [5.41, 5.74) is 6.69. The normalized spacial score (nSPS) is 18.5. The molecule has 1 aliphatic rings. The fourth-order valence-electron chi connectivity index (χ4n) is 1.89. The van der Waals surface area contributed by atoms with Crippen molar-refractivity contribution in [3.63, 3.8) is 0 Å². The molecule has 0 aromatic rings. The second-order valence-corrected chi connectivity index (χ2v) is 4.88. The number of allylic oxidation sites excluding steroid dienone is 1. The average Bonchev–Trinajstić information content (AvgIpc) is 2.31. The molecular weight excluding hydrogens is 232 g/mol. The zero-order chi connectivity index (χ0) is 13.3. The van der Waals surface area contributed by atoms with E-state index in [0.29, 0.717) is 12.5 Å². The summed E-state index contributed by atoms with van der Waals surface area (Å²) >= 11 is 4.97. The number of likely N-dealkylation sites (tertiary alicyclic amines) is 1. The van der Waals surface area contributed by atoms with E-state index in [1.165, 1.54) is 0 Å². The van der Waals surface area contributed by atoms with Crippen molar-refractivity contribution in [1.82, 2.24) is 4.90 Å². The fraction of sp³-hybridized carbons (Fsp3) is 0.769. The molecule has 0 spiro atoms. The molecule has 4 heteroatoms. The second-order valence-electron chi connectivity index (χ2n) is 4.23. The molecular formula is C13H26N2OS. The largest absolute Gasteiger partial charge is 0.401 e. The van der Waals surface area contributed by atoms with Crippen molar-refractivity contribution in [2.75, 3.05) is 26.2 Å².